The van der Waals surface area contributed by atoms with Crippen molar-refractivity contribution < 1.29 is 9.90 Å². The van der Waals surface area contributed by atoms with Gasteiger partial charge in [-0.25, -0.2) is 0 Å². The van der Waals surface area contributed by atoms with Crippen molar-refractivity contribution in [3.8, 4) is 0 Å². The molecule has 16 heavy (non-hydrogen) atoms. The van der Waals surface area contributed by atoms with Crippen LogP contribution >= 0.6 is 0 Å². The van der Waals surface area contributed by atoms with Gasteiger partial charge in [0, 0.05) is 19.6 Å². The first kappa shape index (κ1) is 11.1. The summed E-state index contributed by atoms with van der Waals surface area (Å²) in [6.45, 7) is 1.95. The third-order valence-electron chi connectivity index (χ3n) is 3.05. The summed E-state index contributed by atoms with van der Waals surface area (Å²) in [6, 6.07) is 10.0. The molecule has 0 saturated carbocycles. The monoisotopic (exact) mass is 220 g/mol. The molecule has 1 fully saturated rings. The molecule has 4 heteroatoms. The Morgan fingerprint density at radius 1 is 1.44 bits per heavy atom. The molecule has 1 aliphatic heterocycles. The van der Waals surface area contributed by atoms with Gasteiger partial charge in [0.05, 0.1) is 0 Å². The highest BCUT2D eigenvalue weighted by Gasteiger charge is 2.40. The van der Waals surface area contributed by atoms with Crippen molar-refractivity contribution in [2.24, 2.45) is 5.73 Å². The van der Waals surface area contributed by atoms with Crippen molar-refractivity contribution in [3.05, 3.63) is 35.9 Å². The minimum atomic E-state index is -1.06. The Balaban J connectivity index is 1.98. The zero-order valence-electron chi connectivity index (χ0n) is 9.10. The lowest BCUT2D eigenvalue weighted by Gasteiger charge is -2.19. The number of benzene rings is 1. The minimum Gasteiger partial charge on any atom is -0.480 e. The van der Waals surface area contributed by atoms with Crippen molar-refractivity contribution in [3.63, 3.8) is 0 Å². The number of carboxylic acid groups (broad SMARTS) is 1. The van der Waals surface area contributed by atoms with Gasteiger partial charge in [0.1, 0.15) is 5.54 Å². The van der Waals surface area contributed by atoms with Crippen molar-refractivity contribution in [2.75, 3.05) is 13.1 Å². The molecule has 86 valence electrons. The predicted molar refractivity (Wildman–Crippen MR) is 60.9 cm³/mol. The van der Waals surface area contributed by atoms with Crippen LogP contribution < -0.4 is 5.73 Å². The topological polar surface area (TPSA) is 66.6 Å². The summed E-state index contributed by atoms with van der Waals surface area (Å²) in [5, 5.41) is 9.00. The molecule has 0 bridgehead atoms. The lowest BCUT2D eigenvalue weighted by atomic mass is 10.0. The van der Waals surface area contributed by atoms with E-state index in [1.807, 2.05) is 30.3 Å². The molecule has 1 aromatic carbocycles. The van der Waals surface area contributed by atoms with Gasteiger partial charge in [-0.15, -0.1) is 0 Å². The summed E-state index contributed by atoms with van der Waals surface area (Å²) in [4.78, 5) is 13.1. The van der Waals surface area contributed by atoms with E-state index in [4.69, 9.17) is 10.8 Å². The van der Waals surface area contributed by atoms with Crippen LogP contribution in [0, 0.1) is 0 Å². The van der Waals surface area contributed by atoms with Crippen molar-refractivity contribution in [1.29, 1.82) is 0 Å². The maximum Gasteiger partial charge on any atom is 0.325 e. The standard InChI is InChI=1S/C12H16N2O2/c13-12(11(15)16)6-7-14(9-12)8-10-4-2-1-3-5-10/h1-5H,6-9,13H2,(H,15,16)/t12-/m0/s1. The number of carboxylic acids is 1. The van der Waals surface area contributed by atoms with Crippen LogP contribution in [-0.2, 0) is 11.3 Å². The average molecular weight is 220 g/mol. The van der Waals surface area contributed by atoms with Crippen LogP contribution in [0.15, 0.2) is 30.3 Å². The second-order valence-corrected chi connectivity index (χ2v) is 4.41. The Labute approximate surface area is 94.7 Å². The second-order valence-electron chi connectivity index (χ2n) is 4.41. The Bertz CT molecular complexity index is 380. The molecule has 0 unspecified atom stereocenters. The number of likely N-dealkylation sites (tertiary alicyclic amines) is 1. The van der Waals surface area contributed by atoms with Crippen molar-refractivity contribution in [2.45, 2.75) is 18.5 Å². The summed E-state index contributed by atoms with van der Waals surface area (Å²) in [5.41, 5.74) is 5.94. The Kier molecular flexibility index (Phi) is 2.94. The summed E-state index contributed by atoms with van der Waals surface area (Å²) in [5.74, 6) is -0.900. The Morgan fingerprint density at radius 3 is 2.69 bits per heavy atom. The lowest BCUT2D eigenvalue weighted by molar-refractivity contribution is -0.142. The SMILES string of the molecule is N[C@@]1(C(=O)O)CCN(Cc2ccccc2)C1. The molecule has 0 aliphatic carbocycles. The molecule has 3 N–H and O–H groups in total. The minimum absolute atomic E-state index is 0.428. The van der Waals surface area contributed by atoms with Gasteiger partial charge in [0.25, 0.3) is 0 Å². The first-order valence-electron chi connectivity index (χ1n) is 5.39. The van der Waals surface area contributed by atoms with E-state index in [0.717, 1.165) is 13.1 Å². The summed E-state index contributed by atoms with van der Waals surface area (Å²) in [6.07, 6.45) is 0.523. The quantitative estimate of drug-likeness (QED) is 0.786. The molecule has 1 atom stereocenters. The van der Waals surface area contributed by atoms with Crippen molar-refractivity contribution in [1.82, 2.24) is 4.90 Å². The number of nitrogens with two attached hydrogens (primary N) is 1. The summed E-state index contributed by atoms with van der Waals surface area (Å²) in [7, 11) is 0. The fourth-order valence-corrected chi connectivity index (χ4v) is 2.07. The van der Waals surface area contributed by atoms with E-state index in [1.165, 1.54) is 5.56 Å². The molecule has 0 amide bonds. The number of rotatable bonds is 3. The van der Waals surface area contributed by atoms with Crippen molar-refractivity contribution >= 4 is 5.97 Å². The number of nitrogens with zero attached hydrogens (tertiary/aromatic N) is 1. The van der Waals surface area contributed by atoms with Gasteiger partial charge in [-0.05, 0) is 12.0 Å². The third-order valence-corrected chi connectivity index (χ3v) is 3.05. The lowest BCUT2D eigenvalue weighted by Crippen LogP contribution is -2.50. The van der Waals surface area contributed by atoms with E-state index in [2.05, 4.69) is 4.90 Å². The molecule has 1 aliphatic rings. The fourth-order valence-electron chi connectivity index (χ4n) is 2.07. The molecule has 0 spiro atoms. The molecule has 2 rings (SSSR count). The van der Waals surface area contributed by atoms with Crippen LogP contribution in [0.2, 0.25) is 0 Å². The van der Waals surface area contributed by atoms with E-state index >= 15 is 0 Å². The van der Waals surface area contributed by atoms with Crippen LogP contribution in [0.3, 0.4) is 0 Å². The highest BCUT2D eigenvalue weighted by Crippen LogP contribution is 2.20. The molecule has 1 aromatic rings. The van der Waals surface area contributed by atoms with Gasteiger partial charge < -0.3 is 10.8 Å². The van der Waals surface area contributed by atoms with Gasteiger partial charge in [0.2, 0.25) is 0 Å². The molecule has 4 nitrogen and oxygen atoms in total. The van der Waals surface area contributed by atoms with E-state index in [1.54, 1.807) is 0 Å². The van der Waals surface area contributed by atoms with Gasteiger partial charge >= 0.3 is 5.97 Å². The van der Waals surface area contributed by atoms with Crippen LogP contribution in [0.1, 0.15) is 12.0 Å². The van der Waals surface area contributed by atoms with Crippen LogP contribution in [0.5, 0.6) is 0 Å². The number of hydrogen-bond donors (Lipinski definition) is 2. The first-order valence-corrected chi connectivity index (χ1v) is 5.39. The Hall–Kier alpha value is -1.39. The smallest absolute Gasteiger partial charge is 0.325 e. The van der Waals surface area contributed by atoms with E-state index < -0.39 is 11.5 Å². The van der Waals surface area contributed by atoms with E-state index in [0.29, 0.717) is 13.0 Å². The number of aliphatic carboxylic acids is 1. The highest BCUT2D eigenvalue weighted by molar-refractivity contribution is 5.79. The second kappa shape index (κ2) is 4.23. The zero-order chi connectivity index (χ0) is 11.6. The third kappa shape index (κ3) is 2.23. The average Bonchev–Trinajstić information content (AvgIpc) is 2.63. The van der Waals surface area contributed by atoms with Gasteiger partial charge in [-0.2, -0.15) is 0 Å². The molecular formula is C12H16N2O2. The Morgan fingerprint density at radius 2 is 2.12 bits per heavy atom. The van der Waals surface area contributed by atoms with Crippen LogP contribution in [0.25, 0.3) is 0 Å². The maximum absolute atomic E-state index is 11.0. The van der Waals surface area contributed by atoms with Gasteiger partial charge in [-0.3, -0.25) is 9.69 Å². The summed E-state index contributed by atoms with van der Waals surface area (Å²) < 4.78 is 0. The number of hydrogen-bond acceptors (Lipinski definition) is 3. The predicted octanol–water partition coefficient (Wildman–Crippen LogP) is 0.674. The highest BCUT2D eigenvalue weighted by atomic mass is 16.4. The van der Waals surface area contributed by atoms with Gasteiger partial charge in [-0.1, -0.05) is 30.3 Å². The largest absolute Gasteiger partial charge is 0.480 e. The zero-order valence-corrected chi connectivity index (χ0v) is 9.10. The molecule has 1 heterocycles. The molecule has 1 saturated heterocycles. The maximum atomic E-state index is 11.0. The normalized spacial score (nSPS) is 25.8. The summed E-state index contributed by atoms with van der Waals surface area (Å²) >= 11 is 0. The van der Waals surface area contributed by atoms with E-state index in [9.17, 15) is 4.79 Å². The number of carbonyl (C=O) groups is 1. The fraction of sp³-hybridized carbons (Fsp3) is 0.417. The molecule has 0 aromatic heterocycles. The first-order chi connectivity index (χ1) is 7.60. The van der Waals surface area contributed by atoms with Gasteiger partial charge in [0.15, 0.2) is 0 Å². The van der Waals surface area contributed by atoms with E-state index in [-0.39, 0.29) is 0 Å². The molecule has 0 radical (unpaired) electrons. The van der Waals surface area contributed by atoms with Crippen LogP contribution in [0.4, 0.5) is 0 Å². The molecular weight excluding hydrogens is 204 g/mol. The van der Waals surface area contributed by atoms with Crippen LogP contribution in [-0.4, -0.2) is 34.6 Å².